The third-order valence-electron chi connectivity index (χ3n) is 5.99. The van der Waals surface area contributed by atoms with Gasteiger partial charge in [-0.05, 0) is 50.2 Å². The topological polar surface area (TPSA) is 105 Å². The Morgan fingerprint density at radius 3 is 2.43 bits per heavy atom. The molecular formula is C26H25N7O2. The minimum Gasteiger partial charge on any atom is -0.340 e. The number of anilines is 4. The van der Waals surface area contributed by atoms with Gasteiger partial charge in [-0.1, -0.05) is 17.7 Å². The van der Waals surface area contributed by atoms with Crippen molar-refractivity contribution in [2.75, 3.05) is 22.1 Å². The largest absolute Gasteiger partial charge is 0.340 e. The lowest BCUT2D eigenvalue weighted by Crippen LogP contribution is -2.28. The van der Waals surface area contributed by atoms with Crippen LogP contribution >= 0.6 is 0 Å². The summed E-state index contributed by atoms with van der Waals surface area (Å²) in [7, 11) is 0. The number of hydrogen-bond donors (Lipinski definition) is 2. The van der Waals surface area contributed by atoms with E-state index in [1.807, 2.05) is 79.2 Å². The Hall–Kier alpha value is -4.53. The molecule has 0 aliphatic carbocycles. The van der Waals surface area contributed by atoms with Crippen molar-refractivity contribution in [3.63, 3.8) is 0 Å². The van der Waals surface area contributed by atoms with Crippen molar-refractivity contribution in [3.8, 4) is 5.82 Å². The number of carbonyl (C=O) groups is 2. The second-order valence-electron chi connectivity index (χ2n) is 8.54. The monoisotopic (exact) mass is 467 g/mol. The van der Waals surface area contributed by atoms with Crippen LogP contribution in [0.3, 0.4) is 0 Å². The van der Waals surface area contributed by atoms with E-state index in [4.69, 9.17) is 0 Å². The normalized spacial score (nSPS) is 15.3. The molecule has 1 fully saturated rings. The minimum absolute atomic E-state index is 0.0383. The maximum absolute atomic E-state index is 12.8. The zero-order valence-electron chi connectivity index (χ0n) is 19.5. The summed E-state index contributed by atoms with van der Waals surface area (Å²) in [4.78, 5) is 39.8. The van der Waals surface area contributed by atoms with Crippen LogP contribution in [0.2, 0.25) is 0 Å². The highest BCUT2D eigenvalue weighted by molar-refractivity contribution is 6.03. The van der Waals surface area contributed by atoms with E-state index < -0.39 is 5.92 Å². The third-order valence-corrected chi connectivity index (χ3v) is 5.99. The summed E-state index contributed by atoms with van der Waals surface area (Å²) in [6, 6.07) is 16.9. The standard InChI is InChI=1S/C26H25N7O2/c1-17-3-9-22(10-4-17)33-15-19(13-25(33)34)26(35)31-21-7-5-20(6-8-21)30-23-14-24(29-16-28-23)32-12-11-27-18(32)2/h3-12,14,16,19H,13,15H2,1-2H3,(H,31,35)(H,28,29,30)/t19-/m0/s1. The molecule has 35 heavy (non-hydrogen) atoms. The van der Waals surface area contributed by atoms with Crippen LogP contribution in [0.25, 0.3) is 5.82 Å². The van der Waals surface area contributed by atoms with Crippen molar-refractivity contribution in [2.45, 2.75) is 20.3 Å². The molecule has 2 aromatic carbocycles. The number of benzene rings is 2. The van der Waals surface area contributed by atoms with Gasteiger partial charge >= 0.3 is 0 Å². The number of amides is 2. The SMILES string of the molecule is Cc1ccc(N2C[C@@H](C(=O)Nc3ccc(Nc4cc(-n5ccnc5C)ncn4)cc3)CC2=O)cc1. The van der Waals surface area contributed by atoms with Gasteiger partial charge < -0.3 is 15.5 Å². The Bertz CT molecular complexity index is 1360. The summed E-state index contributed by atoms with van der Waals surface area (Å²) in [5.41, 5.74) is 3.43. The average molecular weight is 468 g/mol. The molecule has 4 aromatic rings. The van der Waals surface area contributed by atoms with Crippen LogP contribution in [-0.4, -0.2) is 37.9 Å². The molecule has 1 atom stereocenters. The predicted octanol–water partition coefficient (Wildman–Crippen LogP) is 4.01. The molecule has 176 valence electrons. The number of aryl methyl sites for hydroxylation is 2. The molecule has 0 spiro atoms. The Balaban J connectivity index is 1.21. The summed E-state index contributed by atoms with van der Waals surface area (Å²) in [5, 5.41) is 6.18. The first kappa shape index (κ1) is 22.3. The lowest BCUT2D eigenvalue weighted by atomic mass is 10.1. The highest BCUT2D eigenvalue weighted by Crippen LogP contribution is 2.27. The second-order valence-corrected chi connectivity index (χ2v) is 8.54. The van der Waals surface area contributed by atoms with E-state index >= 15 is 0 Å². The van der Waals surface area contributed by atoms with Gasteiger partial charge in [0.15, 0.2) is 0 Å². The van der Waals surface area contributed by atoms with Gasteiger partial charge in [-0.3, -0.25) is 14.2 Å². The van der Waals surface area contributed by atoms with Crippen molar-refractivity contribution in [3.05, 3.63) is 84.7 Å². The molecule has 2 aromatic heterocycles. The molecule has 0 unspecified atom stereocenters. The van der Waals surface area contributed by atoms with Crippen LogP contribution in [0, 0.1) is 19.8 Å². The van der Waals surface area contributed by atoms with E-state index in [1.165, 1.54) is 6.33 Å². The molecule has 2 amide bonds. The molecule has 5 rings (SSSR count). The van der Waals surface area contributed by atoms with E-state index in [0.29, 0.717) is 23.9 Å². The van der Waals surface area contributed by atoms with Gasteiger partial charge in [0.05, 0.1) is 5.92 Å². The zero-order valence-corrected chi connectivity index (χ0v) is 19.5. The van der Waals surface area contributed by atoms with Crippen molar-refractivity contribution >= 4 is 34.7 Å². The molecule has 0 saturated carbocycles. The fourth-order valence-corrected chi connectivity index (χ4v) is 4.05. The van der Waals surface area contributed by atoms with Gasteiger partial charge in [-0.25, -0.2) is 15.0 Å². The number of hydrogen-bond acceptors (Lipinski definition) is 6. The molecule has 1 aliphatic heterocycles. The van der Waals surface area contributed by atoms with Crippen LogP contribution in [0.1, 0.15) is 17.8 Å². The number of nitrogens with zero attached hydrogens (tertiary/aromatic N) is 5. The van der Waals surface area contributed by atoms with Crippen LogP contribution in [0.5, 0.6) is 0 Å². The van der Waals surface area contributed by atoms with E-state index in [9.17, 15) is 9.59 Å². The molecule has 1 saturated heterocycles. The van der Waals surface area contributed by atoms with Gasteiger partial charge in [-0.15, -0.1) is 0 Å². The van der Waals surface area contributed by atoms with Gasteiger partial charge in [0, 0.05) is 48.5 Å². The molecule has 0 bridgehead atoms. The first-order valence-corrected chi connectivity index (χ1v) is 11.3. The van der Waals surface area contributed by atoms with Crippen LogP contribution in [0.15, 0.2) is 73.3 Å². The predicted molar refractivity (Wildman–Crippen MR) is 134 cm³/mol. The lowest BCUT2D eigenvalue weighted by molar-refractivity contribution is -0.122. The third kappa shape index (κ3) is 4.89. The Labute approximate surface area is 202 Å². The van der Waals surface area contributed by atoms with Gasteiger partial charge in [0.2, 0.25) is 11.8 Å². The first-order chi connectivity index (χ1) is 17.0. The molecule has 9 nitrogen and oxygen atoms in total. The van der Waals surface area contributed by atoms with E-state index in [-0.39, 0.29) is 18.2 Å². The van der Waals surface area contributed by atoms with Crippen LogP contribution in [0.4, 0.5) is 22.9 Å². The fraction of sp³-hybridized carbons (Fsp3) is 0.192. The highest BCUT2D eigenvalue weighted by Gasteiger charge is 2.35. The summed E-state index contributed by atoms with van der Waals surface area (Å²) in [6.45, 7) is 4.28. The van der Waals surface area contributed by atoms with Gasteiger partial charge in [0.25, 0.3) is 0 Å². The number of nitrogens with one attached hydrogen (secondary N) is 2. The van der Waals surface area contributed by atoms with Gasteiger partial charge in [0.1, 0.15) is 23.8 Å². The van der Waals surface area contributed by atoms with E-state index in [2.05, 4.69) is 25.6 Å². The van der Waals surface area contributed by atoms with Crippen molar-refractivity contribution < 1.29 is 9.59 Å². The van der Waals surface area contributed by atoms with Gasteiger partial charge in [-0.2, -0.15) is 0 Å². The maximum atomic E-state index is 12.8. The zero-order chi connectivity index (χ0) is 24.4. The minimum atomic E-state index is -0.396. The first-order valence-electron chi connectivity index (χ1n) is 11.3. The van der Waals surface area contributed by atoms with Crippen molar-refractivity contribution in [1.82, 2.24) is 19.5 Å². The second kappa shape index (κ2) is 9.38. The highest BCUT2D eigenvalue weighted by atomic mass is 16.2. The molecule has 1 aliphatic rings. The quantitative estimate of drug-likeness (QED) is 0.444. The van der Waals surface area contributed by atoms with Crippen molar-refractivity contribution in [2.24, 2.45) is 5.92 Å². The van der Waals surface area contributed by atoms with E-state index in [1.54, 1.807) is 11.1 Å². The average Bonchev–Trinajstić information content (AvgIpc) is 3.46. The Morgan fingerprint density at radius 1 is 0.971 bits per heavy atom. The molecule has 9 heteroatoms. The summed E-state index contributed by atoms with van der Waals surface area (Å²) >= 11 is 0. The number of rotatable bonds is 6. The smallest absolute Gasteiger partial charge is 0.229 e. The maximum Gasteiger partial charge on any atom is 0.229 e. The molecular weight excluding hydrogens is 442 g/mol. The molecule has 0 radical (unpaired) electrons. The van der Waals surface area contributed by atoms with Crippen LogP contribution in [-0.2, 0) is 9.59 Å². The summed E-state index contributed by atoms with van der Waals surface area (Å²) < 4.78 is 1.87. The fourth-order valence-electron chi connectivity index (χ4n) is 4.05. The summed E-state index contributed by atoms with van der Waals surface area (Å²) in [6.07, 6.45) is 5.26. The number of imidazole rings is 1. The number of carbonyl (C=O) groups excluding carboxylic acids is 2. The number of aromatic nitrogens is 4. The van der Waals surface area contributed by atoms with Crippen molar-refractivity contribution in [1.29, 1.82) is 0 Å². The molecule has 2 N–H and O–H groups in total. The lowest BCUT2D eigenvalue weighted by Gasteiger charge is -2.17. The van der Waals surface area contributed by atoms with E-state index in [0.717, 1.165) is 22.8 Å². The Morgan fingerprint density at radius 2 is 1.71 bits per heavy atom. The van der Waals surface area contributed by atoms with Crippen LogP contribution < -0.4 is 15.5 Å². The molecule has 3 heterocycles. The Kier molecular flexibility index (Phi) is 5.97. The summed E-state index contributed by atoms with van der Waals surface area (Å²) in [5.74, 6) is 1.59.